The number of rotatable bonds is 10. The molecule has 0 aliphatic heterocycles. The molecule has 19 heavy (non-hydrogen) atoms. The van der Waals surface area contributed by atoms with E-state index in [0.29, 0.717) is 12.4 Å². The SMILES string of the molecule is CCCCNCc1ccc(OCCO)c(OCC)c1. The largest absolute Gasteiger partial charge is 0.490 e. The molecule has 108 valence electrons. The van der Waals surface area contributed by atoms with Gasteiger partial charge in [0.05, 0.1) is 13.2 Å². The van der Waals surface area contributed by atoms with Gasteiger partial charge in [0.2, 0.25) is 0 Å². The Morgan fingerprint density at radius 3 is 2.68 bits per heavy atom. The molecular formula is C15H25NO3. The van der Waals surface area contributed by atoms with Crippen LogP contribution in [0.4, 0.5) is 0 Å². The topological polar surface area (TPSA) is 50.7 Å². The van der Waals surface area contributed by atoms with Crippen LogP contribution in [0.2, 0.25) is 0 Å². The summed E-state index contributed by atoms with van der Waals surface area (Å²) in [6, 6.07) is 5.92. The zero-order valence-corrected chi connectivity index (χ0v) is 11.9. The molecule has 0 atom stereocenters. The first-order valence-corrected chi connectivity index (χ1v) is 7.01. The summed E-state index contributed by atoms with van der Waals surface area (Å²) in [4.78, 5) is 0. The van der Waals surface area contributed by atoms with Crippen molar-refractivity contribution in [2.75, 3.05) is 26.4 Å². The summed E-state index contributed by atoms with van der Waals surface area (Å²) in [6.45, 7) is 6.88. The summed E-state index contributed by atoms with van der Waals surface area (Å²) in [7, 11) is 0. The van der Waals surface area contributed by atoms with Crippen molar-refractivity contribution < 1.29 is 14.6 Å². The number of ether oxygens (including phenoxy) is 2. The van der Waals surface area contributed by atoms with Gasteiger partial charge in [-0.25, -0.2) is 0 Å². The van der Waals surface area contributed by atoms with Gasteiger partial charge in [0.1, 0.15) is 6.61 Å². The average Bonchev–Trinajstić information content (AvgIpc) is 2.43. The molecule has 0 heterocycles. The van der Waals surface area contributed by atoms with Crippen LogP contribution in [-0.4, -0.2) is 31.5 Å². The molecule has 0 aliphatic carbocycles. The Hall–Kier alpha value is -1.26. The first kappa shape index (κ1) is 15.8. The van der Waals surface area contributed by atoms with Crippen LogP contribution < -0.4 is 14.8 Å². The quantitative estimate of drug-likeness (QED) is 0.639. The fourth-order valence-electron chi connectivity index (χ4n) is 1.74. The van der Waals surface area contributed by atoms with Crippen molar-refractivity contribution in [2.45, 2.75) is 33.2 Å². The Kier molecular flexibility index (Phi) is 8.02. The summed E-state index contributed by atoms with van der Waals surface area (Å²) in [6.07, 6.45) is 2.39. The van der Waals surface area contributed by atoms with Gasteiger partial charge in [-0.2, -0.15) is 0 Å². The molecule has 1 aromatic carbocycles. The van der Waals surface area contributed by atoms with Crippen LogP contribution in [0, 0.1) is 0 Å². The Morgan fingerprint density at radius 1 is 1.16 bits per heavy atom. The van der Waals surface area contributed by atoms with E-state index in [0.717, 1.165) is 18.8 Å². The number of hydrogen-bond acceptors (Lipinski definition) is 4. The molecule has 0 radical (unpaired) electrons. The van der Waals surface area contributed by atoms with Crippen molar-refractivity contribution >= 4 is 0 Å². The summed E-state index contributed by atoms with van der Waals surface area (Å²) in [5, 5.41) is 12.2. The third-order valence-electron chi connectivity index (χ3n) is 2.69. The zero-order chi connectivity index (χ0) is 13.9. The predicted molar refractivity (Wildman–Crippen MR) is 76.8 cm³/mol. The van der Waals surface area contributed by atoms with Crippen LogP contribution in [0.1, 0.15) is 32.3 Å². The first-order chi connectivity index (χ1) is 9.31. The molecule has 4 nitrogen and oxygen atoms in total. The van der Waals surface area contributed by atoms with Gasteiger partial charge >= 0.3 is 0 Å². The maximum atomic E-state index is 8.79. The Bertz CT molecular complexity index is 355. The number of aliphatic hydroxyl groups is 1. The van der Waals surface area contributed by atoms with Gasteiger partial charge in [0.25, 0.3) is 0 Å². The highest BCUT2D eigenvalue weighted by Crippen LogP contribution is 2.28. The minimum Gasteiger partial charge on any atom is -0.490 e. The maximum absolute atomic E-state index is 8.79. The Labute approximate surface area is 115 Å². The van der Waals surface area contributed by atoms with E-state index in [2.05, 4.69) is 12.2 Å². The number of hydrogen-bond donors (Lipinski definition) is 2. The van der Waals surface area contributed by atoms with Crippen molar-refractivity contribution in [3.63, 3.8) is 0 Å². The summed E-state index contributed by atoms with van der Waals surface area (Å²) >= 11 is 0. The molecule has 0 fully saturated rings. The van der Waals surface area contributed by atoms with E-state index in [-0.39, 0.29) is 13.2 Å². The zero-order valence-electron chi connectivity index (χ0n) is 11.9. The molecule has 0 aliphatic rings. The van der Waals surface area contributed by atoms with Gasteiger partial charge in [-0.1, -0.05) is 19.4 Å². The molecule has 2 N–H and O–H groups in total. The number of nitrogens with one attached hydrogen (secondary N) is 1. The fourth-order valence-corrected chi connectivity index (χ4v) is 1.74. The maximum Gasteiger partial charge on any atom is 0.161 e. The van der Waals surface area contributed by atoms with E-state index in [9.17, 15) is 0 Å². The van der Waals surface area contributed by atoms with Gasteiger partial charge in [-0.3, -0.25) is 0 Å². The molecule has 0 saturated heterocycles. The second-order valence-corrected chi connectivity index (χ2v) is 4.32. The number of aliphatic hydroxyl groups excluding tert-OH is 1. The molecule has 4 heteroatoms. The minimum absolute atomic E-state index is 0.00584. The average molecular weight is 267 g/mol. The van der Waals surface area contributed by atoms with Crippen molar-refractivity contribution in [1.29, 1.82) is 0 Å². The van der Waals surface area contributed by atoms with Gasteiger partial charge in [0.15, 0.2) is 11.5 Å². The lowest BCUT2D eigenvalue weighted by molar-refractivity contribution is 0.194. The molecule has 0 amide bonds. The molecule has 1 aromatic rings. The van der Waals surface area contributed by atoms with E-state index >= 15 is 0 Å². The van der Waals surface area contributed by atoms with E-state index in [1.54, 1.807) is 0 Å². The molecule has 0 spiro atoms. The Balaban J connectivity index is 2.60. The molecule has 1 rings (SSSR count). The van der Waals surface area contributed by atoms with Crippen molar-refractivity contribution in [3.8, 4) is 11.5 Å². The van der Waals surface area contributed by atoms with Crippen LogP contribution in [0.3, 0.4) is 0 Å². The van der Waals surface area contributed by atoms with Crippen LogP contribution in [0.15, 0.2) is 18.2 Å². The number of benzene rings is 1. The fraction of sp³-hybridized carbons (Fsp3) is 0.600. The van der Waals surface area contributed by atoms with E-state index in [1.807, 2.05) is 25.1 Å². The monoisotopic (exact) mass is 267 g/mol. The highest BCUT2D eigenvalue weighted by Gasteiger charge is 2.06. The van der Waals surface area contributed by atoms with Crippen LogP contribution in [0.25, 0.3) is 0 Å². The summed E-state index contributed by atoms with van der Waals surface area (Å²) in [5.41, 5.74) is 1.18. The second kappa shape index (κ2) is 9.64. The van der Waals surface area contributed by atoms with Crippen molar-refractivity contribution in [3.05, 3.63) is 23.8 Å². The van der Waals surface area contributed by atoms with E-state index in [4.69, 9.17) is 14.6 Å². The van der Waals surface area contributed by atoms with Crippen molar-refractivity contribution in [1.82, 2.24) is 5.32 Å². The molecule has 0 aromatic heterocycles. The summed E-state index contributed by atoms with van der Waals surface area (Å²) < 4.78 is 11.0. The van der Waals surface area contributed by atoms with Gasteiger partial charge in [0, 0.05) is 6.54 Å². The van der Waals surface area contributed by atoms with E-state index < -0.39 is 0 Å². The third kappa shape index (κ3) is 5.94. The standard InChI is InChI=1S/C15H25NO3/c1-3-5-8-16-12-13-6-7-14(19-10-9-17)15(11-13)18-4-2/h6-7,11,16-17H,3-5,8-10,12H2,1-2H3. The smallest absolute Gasteiger partial charge is 0.161 e. The first-order valence-electron chi connectivity index (χ1n) is 7.01. The van der Waals surface area contributed by atoms with E-state index in [1.165, 1.54) is 18.4 Å². The highest BCUT2D eigenvalue weighted by molar-refractivity contribution is 5.43. The molecule has 0 saturated carbocycles. The predicted octanol–water partition coefficient (Wildman–Crippen LogP) is 2.35. The van der Waals surface area contributed by atoms with Crippen LogP contribution >= 0.6 is 0 Å². The number of unbranched alkanes of at least 4 members (excludes halogenated alkanes) is 1. The van der Waals surface area contributed by atoms with Gasteiger partial charge in [-0.05, 0) is 37.6 Å². The third-order valence-corrected chi connectivity index (χ3v) is 2.69. The minimum atomic E-state index is 0.00584. The molecular weight excluding hydrogens is 242 g/mol. The second-order valence-electron chi connectivity index (χ2n) is 4.32. The lowest BCUT2D eigenvalue weighted by atomic mass is 10.2. The Morgan fingerprint density at radius 2 is 2.00 bits per heavy atom. The summed E-state index contributed by atoms with van der Waals surface area (Å²) in [5.74, 6) is 1.43. The normalized spacial score (nSPS) is 10.5. The van der Waals surface area contributed by atoms with Gasteiger partial charge < -0.3 is 19.9 Å². The van der Waals surface area contributed by atoms with Crippen LogP contribution in [-0.2, 0) is 6.54 Å². The lowest BCUT2D eigenvalue weighted by Crippen LogP contribution is -2.14. The molecule has 0 bridgehead atoms. The van der Waals surface area contributed by atoms with Gasteiger partial charge in [-0.15, -0.1) is 0 Å². The lowest BCUT2D eigenvalue weighted by Gasteiger charge is -2.13. The highest BCUT2D eigenvalue weighted by atomic mass is 16.5. The van der Waals surface area contributed by atoms with Crippen LogP contribution in [0.5, 0.6) is 11.5 Å². The van der Waals surface area contributed by atoms with Crippen molar-refractivity contribution in [2.24, 2.45) is 0 Å². The molecule has 0 unspecified atom stereocenters.